The van der Waals surface area contributed by atoms with Crippen molar-refractivity contribution in [2.75, 3.05) is 10.6 Å². The highest BCUT2D eigenvalue weighted by atomic mass is 35.5. The first-order chi connectivity index (χ1) is 12.0. The summed E-state index contributed by atoms with van der Waals surface area (Å²) in [5, 5.41) is 7.00. The lowest BCUT2D eigenvalue weighted by Gasteiger charge is -2.08. The van der Waals surface area contributed by atoms with Gasteiger partial charge in [-0.25, -0.2) is 9.97 Å². The predicted octanol–water partition coefficient (Wildman–Crippen LogP) is 5.43. The Morgan fingerprint density at radius 1 is 0.880 bits per heavy atom. The van der Waals surface area contributed by atoms with E-state index in [9.17, 15) is 4.79 Å². The molecule has 0 fully saturated rings. The van der Waals surface area contributed by atoms with Crippen molar-refractivity contribution in [2.24, 2.45) is 0 Å². The first kappa shape index (κ1) is 17.5. The van der Waals surface area contributed by atoms with Gasteiger partial charge in [0.1, 0.15) is 0 Å². The molecular weight excluding hydrogens is 383 g/mol. The molecular formula is C17H11Cl3N4O. The zero-order valence-electron chi connectivity index (χ0n) is 12.6. The molecule has 0 aliphatic rings. The van der Waals surface area contributed by atoms with Crippen LogP contribution in [0, 0.1) is 0 Å². The van der Waals surface area contributed by atoms with Gasteiger partial charge in [-0.2, -0.15) is 0 Å². The van der Waals surface area contributed by atoms with Crippen LogP contribution in [0.15, 0.2) is 54.9 Å². The van der Waals surface area contributed by atoms with E-state index in [2.05, 4.69) is 20.6 Å². The Kier molecular flexibility index (Phi) is 5.38. The second-order valence-corrected chi connectivity index (χ2v) is 6.20. The summed E-state index contributed by atoms with van der Waals surface area (Å²) in [6.45, 7) is 0. The first-order valence-corrected chi connectivity index (χ1v) is 8.26. The first-order valence-electron chi connectivity index (χ1n) is 7.13. The fraction of sp³-hybridized carbons (Fsp3) is 0. The van der Waals surface area contributed by atoms with Crippen molar-refractivity contribution in [1.82, 2.24) is 9.97 Å². The average Bonchev–Trinajstić information content (AvgIpc) is 2.61. The van der Waals surface area contributed by atoms with Gasteiger partial charge in [-0.05, 0) is 30.3 Å². The molecule has 0 saturated heterocycles. The summed E-state index contributed by atoms with van der Waals surface area (Å²) in [5.41, 5.74) is 1.51. The largest absolute Gasteiger partial charge is 0.323 e. The van der Waals surface area contributed by atoms with E-state index in [1.807, 2.05) is 12.1 Å². The standard InChI is InChI=1S/C17H11Cl3N4O/c18-12-6-5-11(7-14(12)20)23-16(25)10-8-21-17(22-9-10)24-15-4-2-1-3-13(15)19/h1-9H,(H,23,25)(H,21,22,24). The maximum atomic E-state index is 12.2. The van der Waals surface area contributed by atoms with Crippen LogP contribution in [0.4, 0.5) is 17.3 Å². The molecule has 0 radical (unpaired) electrons. The zero-order valence-corrected chi connectivity index (χ0v) is 14.9. The van der Waals surface area contributed by atoms with Crippen LogP contribution in [0.2, 0.25) is 15.1 Å². The van der Waals surface area contributed by atoms with Crippen molar-refractivity contribution in [3.63, 3.8) is 0 Å². The number of hydrogen-bond donors (Lipinski definition) is 2. The minimum Gasteiger partial charge on any atom is -0.323 e. The van der Waals surface area contributed by atoms with E-state index in [-0.39, 0.29) is 5.91 Å². The summed E-state index contributed by atoms with van der Waals surface area (Å²) in [6.07, 6.45) is 2.83. The fourth-order valence-corrected chi connectivity index (χ4v) is 2.45. The second kappa shape index (κ2) is 7.70. The summed E-state index contributed by atoms with van der Waals surface area (Å²) in [4.78, 5) is 20.5. The van der Waals surface area contributed by atoms with E-state index in [1.165, 1.54) is 12.4 Å². The molecule has 0 atom stereocenters. The van der Waals surface area contributed by atoms with E-state index in [0.717, 1.165) is 0 Å². The van der Waals surface area contributed by atoms with Gasteiger partial charge in [0.2, 0.25) is 5.95 Å². The lowest BCUT2D eigenvalue weighted by molar-refractivity contribution is 0.102. The molecule has 0 bridgehead atoms. The van der Waals surface area contributed by atoms with Gasteiger partial charge in [-0.15, -0.1) is 0 Å². The van der Waals surface area contributed by atoms with E-state index < -0.39 is 0 Å². The number of rotatable bonds is 4. The van der Waals surface area contributed by atoms with Crippen molar-refractivity contribution in [1.29, 1.82) is 0 Å². The molecule has 8 heteroatoms. The van der Waals surface area contributed by atoms with Crippen molar-refractivity contribution in [3.8, 4) is 0 Å². The summed E-state index contributed by atoms with van der Waals surface area (Å²) in [6, 6.07) is 12.0. The van der Waals surface area contributed by atoms with Crippen LogP contribution < -0.4 is 10.6 Å². The van der Waals surface area contributed by atoms with Gasteiger partial charge in [0.25, 0.3) is 5.91 Å². The third kappa shape index (κ3) is 4.39. The van der Waals surface area contributed by atoms with Crippen molar-refractivity contribution in [3.05, 3.63) is 75.5 Å². The highest BCUT2D eigenvalue weighted by Gasteiger charge is 2.09. The molecule has 0 aliphatic carbocycles. The molecule has 3 rings (SSSR count). The van der Waals surface area contributed by atoms with Gasteiger partial charge in [0, 0.05) is 18.1 Å². The predicted molar refractivity (Wildman–Crippen MR) is 101 cm³/mol. The molecule has 0 aliphatic heterocycles. The van der Waals surface area contributed by atoms with Gasteiger partial charge in [0.05, 0.1) is 26.3 Å². The number of para-hydroxylation sites is 1. The molecule has 1 amide bonds. The molecule has 5 nitrogen and oxygen atoms in total. The lowest BCUT2D eigenvalue weighted by Crippen LogP contribution is -2.13. The highest BCUT2D eigenvalue weighted by molar-refractivity contribution is 6.42. The zero-order chi connectivity index (χ0) is 17.8. The maximum absolute atomic E-state index is 12.2. The van der Waals surface area contributed by atoms with Gasteiger partial charge < -0.3 is 10.6 Å². The number of carbonyl (C=O) groups is 1. The van der Waals surface area contributed by atoms with Crippen molar-refractivity contribution < 1.29 is 4.79 Å². The normalized spacial score (nSPS) is 10.4. The highest BCUT2D eigenvalue weighted by Crippen LogP contribution is 2.25. The Balaban J connectivity index is 1.70. The Bertz CT molecular complexity index is 916. The van der Waals surface area contributed by atoms with Crippen LogP contribution in [0.1, 0.15) is 10.4 Å². The number of carbonyl (C=O) groups excluding carboxylic acids is 1. The molecule has 1 heterocycles. The van der Waals surface area contributed by atoms with Crippen LogP contribution in [-0.2, 0) is 0 Å². The van der Waals surface area contributed by atoms with Gasteiger partial charge in [-0.3, -0.25) is 4.79 Å². The quantitative estimate of drug-likeness (QED) is 0.620. The number of nitrogens with zero attached hydrogens (tertiary/aromatic N) is 2. The van der Waals surface area contributed by atoms with Crippen molar-refractivity contribution in [2.45, 2.75) is 0 Å². The third-order valence-electron chi connectivity index (χ3n) is 3.21. The van der Waals surface area contributed by atoms with E-state index in [4.69, 9.17) is 34.8 Å². The van der Waals surface area contributed by atoms with Crippen LogP contribution in [-0.4, -0.2) is 15.9 Å². The van der Waals surface area contributed by atoms with E-state index in [0.29, 0.717) is 38.0 Å². The monoisotopic (exact) mass is 392 g/mol. The number of anilines is 3. The molecule has 2 aromatic carbocycles. The minimum absolute atomic E-state index is 0.302. The Hall–Kier alpha value is -2.34. The summed E-state index contributed by atoms with van der Waals surface area (Å²) in [5.74, 6) is -0.0260. The number of halogens is 3. The molecule has 1 aromatic heterocycles. The molecule has 25 heavy (non-hydrogen) atoms. The Morgan fingerprint density at radius 2 is 1.60 bits per heavy atom. The molecule has 0 spiro atoms. The van der Waals surface area contributed by atoms with Crippen LogP contribution in [0.25, 0.3) is 0 Å². The molecule has 126 valence electrons. The summed E-state index contributed by atoms with van der Waals surface area (Å²) in [7, 11) is 0. The van der Waals surface area contributed by atoms with Crippen LogP contribution in [0.3, 0.4) is 0 Å². The SMILES string of the molecule is O=C(Nc1ccc(Cl)c(Cl)c1)c1cnc(Nc2ccccc2Cl)nc1. The topological polar surface area (TPSA) is 66.9 Å². The van der Waals surface area contributed by atoms with E-state index in [1.54, 1.807) is 30.3 Å². The fourth-order valence-electron chi connectivity index (χ4n) is 1.97. The summed E-state index contributed by atoms with van der Waals surface area (Å²) < 4.78 is 0. The molecule has 3 aromatic rings. The van der Waals surface area contributed by atoms with Crippen LogP contribution >= 0.6 is 34.8 Å². The van der Waals surface area contributed by atoms with Gasteiger partial charge >= 0.3 is 0 Å². The third-order valence-corrected chi connectivity index (χ3v) is 4.28. The maximum Gasteiger partial charge on any atom is 0.258 e. The lowest BCUT2D eigenvalue weighted by atomic mass is 10.2. The number of amides is 1. The van der Waals surface area contributed by atoms with Crippen LogP contribution in [0.5, 0.6) is 0 Å². The van der Waals surface area contributed by atoms with Gasteiger partial charge in [0.15, 0.2) is 0 Å². The number of benzene rings is 2. The van der Waals surface area contributed by atoms with Crippen molar-refractivity contribution >= 4 is 58.0 Å². The molecule has 0 saturated carbocycles. The van der Waals surface area contributed by atoms with E-state index >= 15 is 0 Å². The number of aromatic nitrogens is 2. The smallest absolute Gasteiger partial charge is 0.258 e. The number of hydrogen-bond acceptors (Lipinski definition) is 4. The molecule has 0 unspecified atom stereocenters. The number of nitrogens with one attached hydrogen (secondary N) is 2. The Labute approximate surface area is 159 Å². The average molecular weight is 394 g/mol. The van der Waals surface area contributed by atoms with Gasteiger partial charge in [-0.1, -0.05) is 46.9 Å². The summed E-state index contributed by atoms with van der Waals surface area (Å²) >= 11 is 17.8. The minimum atomic E-state index is -0.359. The Morgan fingerprint density at radius 3 is 2.28 bits per heavy atom. The second-order valence-electron chi connectivity index (χ2n) is 4.98. The molecule has 2 N–H and O–H groups in total.